The molecule has 0 spiro atoms. The van der Waals surface area contributed by atoms with Crippen molar-refractivity contribution < 1.29 is 24.1 Å². The second kappa shape index (κ2) is 2.92. The van der Waals surface area contributed by atoms with E-state index in [0.29, 0.717) is 0 Å². The molecule has 5 heteroatoms. The summed E-state index contributed by atoms with van der Waals surface area (Å²) in [6.07, 6.45) is -1.90. The van der Waals surface area contributed by atoms with E-state index < -0.39 is 24.0 Å². The van der Waals surface area contributed by atoms with Crippen LogP contribution in [0.3, 0.4) is 0 Å². The van der Waals surface area contributed by atoms with Gasteiger partial charge in [0.1, 0.15) is 12.2 Å². The Hall–Kier alpha value is -0.650. The first kappa shape index (κ1) is 9.89. The number of carbonyl (C=O) groups is 1. The fourth-order valence-corrected chi connectivity index (χ4v) is 2.00. The van der Waals surface area contributed by atoms with Crippen molar-refractivity contribution in [3.05, 3.63) is 0 Å². The van der Waals surface area contributed by atoms with Crippen LogP contribution < -0.4 is 0 Å². The molecule has 2 heterocycles. The van der Waals surface area contributed by atoms with E-state index >= 15 is 0 Å². The van der Waals surface area contributed by atoms with Crippen LogP contribution in [0.5, 0.6) is 0 Å². The maximum atomic E-state index is 10.8. The number of aliphatic carboxylic acids is 1. The number of ether oxygens (including phenoxy) is 3. The highest BCUT2D eigenvalue weighted by molar-refractivity contribution is 5.73. The molecule has 4 unspecified atom stereocenters. The van der Waals surface area contributed by atoms with Gasteiger partial charge in [-0.2, -0.15) is 0 Å². The third kappa shape index (κ3) is 1.41. The Balaban J connectivity index is 2.19. The normalized spacial score (nSPS) is 45.1. The zero-order valence-corrected chi connectivity index (χ0v) is 8.39. The number of carboxylic acid groups (broad SMARTS) is 1. The number of rotatable bonds is 1. The summed E-state index contributed by atoms with van der Waals surface area (Å²) < 4.78 is 16.3. The SMILES string of the molecule is CC1OC(C(=O)O)C2OC(C)(C)OC12. The summed E-state index contributed by atoms with van der Waals surface area (Å²) in [7, 11) is 0. The van der Waals surface area contributed by atoms with Crippen LogP contribution >= 0.6 is 0 Å². The maximum Gasteiger partial charge on any atom is 0.335 e. The van der Waals surface area contributed by atoms with Crippen molar-refractivity contribution in [1.29, 1.82) is 0 Å². The summed E-state index contributed by atoms with van der Waals surface area (Å²) >= 11 is 0. The van der Waals surface area contributed by atoms with E-state index in [1.807, 2.05) is 0 Å². The second-order valence-electron chi connectivity index (χ2n) is 4.16. The van der Waals surface area contributed by atoms with Gasteiger partial charge >= 0.3 is 5.97 Å². The van der Waals surface area contributed by atoms with Gasteiger partial charge in [-0.25, -0.2) is 4.79 Å². The van der Waals surface area contributed by atoms with Crippen LogP contribution in [0, 0.1) is 0 Å². The quantitative estimate of drug-likeness (QED) is 0.665. The zero-order valence-electron chi connectivity index (χ0n) is 8.39. The van der Waals surface area contributed by atoms with Crippen molar-refractivity contribution in [2.24, 2.45) is 0 Å². The van der Waals surface area contributed by atoms with Gasteiger partial charge in [-0.3, -0.25) is 0 Å². The highest BCUT2D eigenvalue weighted by Crippen LogP contribution is 2.38. The third-order valence-electron chi connectivity index (χ3n) is 2.53. The van der Waals surface area contributed by atoms with Crippen molar-refractivity contribution in [3.8, 4) is 0 Å². The molecule has 1 N–H and O–H groups in total. The fourth-order valence-electron chi connectivity index (χ4n) is 2.00. The first-order valence-corrected chi connectivity index (χ1v) is 4.64. The van der Waals surface area contributed by atoms with E-state index in [1.165, 1.54) is 0 Å². The Morgan fingerprint density at radius 2 is 1.86 bits per heavy atom. The van der Waals surface area contributed by atoms with Crippen LogP contribution in [0.4, 0.5) is 0 Å². The molecule has 0 saturated carbocycles. The molecule has 0 aromatic carbocycles. The average molecular weight is 202 g/mol. The predicted octanol–water partition coefficient (Wildman–Crippen LogP) is 0.378. The molecule has 2 rings (SSSR count). The van der Waals surface area contributed by atoms with Crippen LogP contribution in [-0.2, 0) is 19.0 Å². The number of fused-ring (bicyclic) bond motifs is 1. The minimum atomic E-state index is -0.995. The van der Waals surface area contributed by atoms with Crippen molar-refractivity contribution in [1.82, 2.24) is 0 Å². The molecule has 2 aliphatic heterocycles. The maximum absolute atomic E-state index is 10.8. The first-order valence-electron chi connectivity index (χ1n) is 4.64. The second-order valence-corrected chi connectivity index (χ2v) is 4.16. The van der Waals surface area contributed by atoms with Gasteiger partial charge in [-0.15, -0.1) is 0 Å². The topological polar surface area (TPSA) is 65.0 Å². The largest absolute Gasteiger partial charge is 0.479 e. The van der Waals surface area contributed by atoms with Crippen molar-refractivity contribution in [3.63, 3.8) is 0 Å². The number of hydrogen-bond donors (Lipinski definition) is 1. The fraction of sp³-hybridized carbons (Fsp3) is 0.889. The molecule has 2 aliphatic rings. The molecule has 80 valence electrons. The summed E-state index contributed by atoms with van der Waals surface area (Å²) in [5, 5.41) is 8.89. The monoisotopic (exact) mass is 202 g/mol. The van der Waals surface area contributed by atoms with Crippen molar-refractivity contribution in [2.75, 3.05) is 0 Å². The van der Waals surface area contributed by atoms with Gasteiger partial charge < -0.3 is 19.3 Å². The summed E-state index contributed by atoms with van der Waals surface area (Å²) in [5.74, 6) is -1.70. The van der Waals surface area contributed by atoms with Crippen LogP contribution in [-0.4, -0.2) is 41.3 Å². The van der Waals surface area contributed by atoms with Crippen molar-refractivity contribution >= 4 is 5.97 Å². The lowest BCUT2D eigenvalue weighted by molar-refractivity contribution is -0.192. The van der Waals surface area contributed by atoms with Gasteiger partial charge in [0.05, 0.1) is 6.10 Å². The summed E-state index contributed by atoms with van der Waals surface area (Å²) in [6.45, 7) is 5.35. The molecule has 2 fully saturated rings. The first-order chi connectivity index (χ1) is 6.41. The standard InChI is InChI=1S/C9H14O5/c1-4-5-6(7(12-4)8(10)11)14-9(2,3)13-5/h4-7H,1-3H3,(H,10,11). The summed E-state index contributed by atoms with van der Waals surface area (Å²) in [6, 6.07) is 0. The highest BCUT2D eigenvalue weighted by Gasteiger charge is 2.56. The number of hydrogen-bond acceptors (Lipinski definition) is 4. The molecule has 0 radical (unpaired) electrons. The Kier molecular flexibility index (Phi) is 2.06. The molecule has 0 bridgehead atoms. The minimum Gasteiger partial charge on any atom is -0.479 e. The Morgan fingerprint density at radius 1 is 1.29 bits per heavy atom. The predicted molar refractivity (Wildman–Crippen MR) is 45.8 cm³/mol. The molecule has 0 aliphatic carbocycles. The molecule has 0 aromatic rings. The molecular formula is C9H14O5. The van der Waals surface area contributed by atoms with Gasteiger partial charge in [-0.1, -0.05) is 0 Å². The molecular weight excluding hydrogens is 188 g/mol. The van der Waals surface area contributed by atoms with E-state index in [1.54, 1.807) is 20.8 Å². The molecule has 14 heavy (non-hydrogen) atoms. The van der Waals surface area contributed by atoms with Crippen LogP contribution in [0.2, 0.25) is 0 Å². The Bertz CT molecular complexity index is 262. The summed E-state index contributed by atoms with van der Waals surface area (Å²) in [4.78, 5) is 10.8. The molecule has 5 nitrogen and oxygen atoms in total. The minimum absolute atomic E-state index is 0.233. The highest BCUT2D eigenvalue weighted by atomic mass is 16.8. The van der Waals surface area contributed by atoms with Gasteiger partial charge in [0.15, 0.2) is 11.9 Å². The van der Waals surface area contributed by atoms with Crippen LogP contribution in [0.15, 0.2) is 0 Å². The van der Waals surface area contributed by atoms with E-state index in [9.17, 15) is 4.79 Å². The van der Waals surface area contributed by atoms with E-state index in [4.69, 9.17) is 19.3 Å². The van der Waals surface area contributed by atoms with Gasteiger partial charge in [-0.05, 0) is 20.8 Å². The smallest absolute Gasteiger partial charge is 0.335 e. The molecule has 4 atom stereocenters. The van der Waals surface area contributed by atoms with Gasteiger partial charge in [0.25, 0.3) is 0 Å². The lowest BCUT2D eigenvalue weighted by atomic mass is 10.1. The average Bonchev–Trinajstić information content (AvgIpc) is 2.47. The lowest BCUT2D eigenvalue weighted by Crippen LogP contribution is -2.35. The Labute approximate surface area is 81.9 Å². The van der Waals surface area contributed by atoms with Gasteiger partial charge in [0.2, 0.25) is 0 Å². The van der Waals surface area contributed by atoms with Gasteiger partial charge in [0, 0.05) is 0 Å². The molecule has 0 amide bonds. The van der Waals surface area contributed by atoms with E-state index in [-0.39, 0.29) is 12.2 Å². The zero-order chi connectivity index (χ0) is 10.5. The summed E-state index contributed by atoms with van der Waals surface area (Å²) in [5.41, 5.74) is 0. The van der Waals surface area contributed by atoms with E-state index in [0.717, 1.165) is 0 Å². The molecule has 2 saturated heterocycles. The molecule has 0 aromatic heterocycles. The van der Waals surface area contributed by atoms with E-state index in [2.05, 4.69) is 0 Å². The van der Waals surface area contributed by atoms with Crippen LogP contribution in [0.25, 0.3) is 0 Å². The third-order valence-corrected chi connectivity index (χ3v) is 2.53. The van der Waals surface area contributed by atoms with Crippen LogP contribution in [0.1, 0.15) is 20.8 Å². The lowest BCUT2D eigenvalue weighted by Gasteiger charge is -2.21. The Morgan fingerprint density at radius 3 is 2.43 bits per heavy atom. The number of carboxylic acids is 1. The van der Waals surface area contributed by atoms with Crippen molar-refractivity contribution in [2.45, 2.75) is 51.0 Å².